The van der Waals surface area contributed by atoms with Gasteiger partial charge in [-0.3, -0.25) is 0 Å². The Labute approximate surface area is 53.4 Å². The summed E-state index contributed by atoms with van der Waals surface area (Å²) >= 11 is 0. The lowest BCUT2D eigenvalue weighted by Gasteiger charge is -1.93. The molecule has 0 radical (unpaired) electrons. The topological polar surface area (TPSA) is 31.0 Å². The Kier molecular flexibility index (Phi) is 1.26. The van der Waals surface area contributed by atoms with Crippen LogP contribution < -0.4 is 0 Å². The van der Waals surface area contributed by atoms with Crippen molar-refractivity contribution in [1.29, 1.82) is 0 Å². The Morgan fingerprint density at radius 1 is 1.78 bits per heavy atom. The van der Waals surface area contributed by atoms with Crippen molar-refractivity contribution in [2.24, 2.45) is 7.05 Å². The largest absolute Gasteiger partial charge is 0.619 e. The molecule has 1 heterocycles. The van der Waals surface area contributed by atoms with Crippen LogP contribution in [0.2, 0.25) is 0 Å². The lowest BCUT2D eigenvalue weighted by atomic mass is 10.5. The molecule has 0 amide bonds. The van der Waals surface area contributed by atoms with Crippen LogP contribution in [0.15, 0.2) is 18.5 Å². The van der Waals surface area contributed by atoms with Crippen LogP contribution in [-0.2, 0) is 7.05 Å². The maximum atomic E-state index is 10.5. The van der Waals surface area contributed by atoms with Gasteiger partial charge in [-0.1, -0.05) is 0 Å². The molecule has 3 nitrogen and oxygen atoms in total. The maximum Gasteiger partial charge on any atom is 0.233 e. The van der Waals surface area contributed by atoms with E-state index in [0.29, 0.717) is 10.4 Å². The molecule has 0 aliphatic heterocycles. The minimum atomic E-state index is 0.581. The third-order valence-corrected chi connectivity index (χ3v) is 1.10. The number of rotatable bonds is 1. The molecule has 0 saturated heterocycles. The zero-order chi connectivity index (χ0) is 6.85. The Morgan fingerprint density at radius 3 is 2.67 bits per heavy atom. The average Bonchev–Trinajstić information content (AvgIpc) is 2.14. The second kappa shape index (κ2) is 1.93. The van der Waals surface area contributed by atoms with Crippen LogP contribution in [-0.4, -0.2) is 16.0 Å². The second-order valence-electron chi connectivity index (χ2n) is 1.91. The smallest absolute Gasteiger partial charge is 0.233 e. The van der Waals surface area contributed by atoms with Crippen LogP contribution in [0.1, 0.15) is 0 Å². The first kappa shape index (κ1) is 5.88. The van der Waals surface area contributed by atoms with Crippen molar-refractivity contribution >= 4 is 12.4 Å². The first-order valence-electron chi connectivity index (χ1n) is 2.60. The molecular weight excluding hydrogens is 116 g/mol. The molecule has 0 aliphatic carbocycles. The first-order valence-corrected chi connectivity index (χ1v) is 2.60. The SMILES string of the molecule is C=[N+]([O-])c1ccn(C)c1. The van der Waals surface area contributed by atoms with Crippen LogP contribution in [0.4, 0.5) is 5.69 Å². The molecule has 0 spiro atoms. The summed E-state index contributed by atoms with van der Waals surface area (Å²) in [5, 5.41) is 10.5. The molecule has 9 heavy (non-hydrogen) atoms. The van der Waals surface area contributed by atoms with Gasteiger partial charge >= 0.3 is 0 Å². The van der Waals surface area contributed by atoms with Crippen LogP contribution in [0.5, 0.6) is 0 Å². The summed E-state index contributed by atoms with van der Waals surface area (Å²) in [6, 6.07) is 1.71. The number of aromatic nitrogens is 1. The van der Waals surface area contributed by atoms with Gasteiger partial charge in [0.15, 0.2) is 0 Å². The van der Waals surface area contributed by atoms with E-state index in [9.17, 15) is 5.21 Å². The van der Waals surface area contributed by atoms with Crippen molar-refractivity contribution in [3.05, 3.63) is 23.7 Å². The standard InChI is InChI=1S/C6H8N2O/c1-7-4-3-6(5-7)8(2)9/h3-5H,2H2,1H3. The van der Waals surface area contributed by atoms with E-state index < -0.39 is 0 Å². The molecule has 0 aromatic carbocycles. The summed E-state index contributed by atoms with van der Waals surface area (Å²) in [6.45, 7) is 3.19. The molecular formula is C6H8N2O. The van der Waals surface area contributed by atoms with Crippen LogP contribution in [0.25, 0.3) is 0 Å². The van der Waals surface area contributed by atoms with Gasteiger partial charge in [-0.2, -0.15) is 4.74 Å². The van der Waals surface area contributed by atoms with Gasteiger partial charge in [-0.05, 0) is 0 Å². The molecule has 0 unspecified atom stereocenters. The van der Waals surface area contributed by atoms with Crippen LogP contribution >= 0.6 is 0 Å². The fraction of sp³-hybridized carbons (Fsp3) is 0.167. The minimum Gasteiger partial charge on any atom is -0.619 e. The third-order valence-electron chi connectivity index (χ3n) is 1.10. The van der Waals surface area contributed by atoms with Gasteiger partial charge in [-0.15, -0.1) is 0 Å². The van der Waals surface area contributed by atoms with E-state index in [0.717, 1.165) is 0 Å². The van der Waals surface area contributed by atoms with Crippen molar-refractivity contribution < 1.29 is 4.74 Å². The molecule has 1 aromatic rings. The van der Waals surface area contributed by atoms with Gasteiger partial charge in [0.25, 0.3) is 0 Å². The first-order chi connectivity index (χ1) is 4.20. The van der Waals surface area contributed by atoms with Crippen molar-refractivity contribution in [2.45, 2.75) is 0 Å². The fourth-order valence-corrected chi connectivity index (χ4v) is 0.636. The highest BCUT2D eigenvalue weighted by Crippen LogP contribution is 2.07. The Hall–Kier alpha value is -1.25. The molecule has 3 heteroatoms. The Bertz CT molecular complexity index is 227. The second-order valence-corrected chi connectivity index (χ2v) is 1.91. The summed E-state index contributed by atoms with van der Waals surface area (Å²) in [6.07, 6.45) is 3.51. The molecule has 0 aliphatic rings. The highest BCUT2D eigenvalue weighted by molar-refractivity contribution is 5.31. The summed E-state index contributed by atoms with van der Waals surface area (Å²) < 4.78 is 2.38. The predicted molar refractivity (Wildman–Crippen MR) is 35.8 cm³/mol. The molecule has 48 valence electrons. The van der Waals surface area contributed by atoms with E-state index in [1.807, 2.05) is 7.05 Å². The predicted octanol–water partition coefficient (Wildman–Crippen LogP) is 0.867. The molecule has 0 N–H and O–H groups in total. The van der Waals surface area contributed by atoms with Crippen molar-refractivity contribution in [3.8, 4) is 0 Å². The minimum absolute atomic E-state index is 0.581. The maximum absolute atomic E-state index is 10.5. The van der Waals surface area contributed by atoms with Crippen molar-refractivity contribution in [3.63, 3.8) is 0 Å². The van der Waals surface area contributed by atoms with E-state index in [1.54, 1.807) is 23.0 Å². The average molecular weight is 124 g/mol. The van der Waals surface area contributed by atoms with E-state index in [1.165, 1.54) is 0 Å². The van der Waals surface area contributed by atoms with Gasteiger partial charge in [0.1, 0.15) is 6.72 Å². The number of hydrogen-bond acceptors (Lipinski definition) is 1. The van der Waals surface area contributed by atoms with Gasteiger partial charge in [0.05, 0.1) is 6.20 Å². The van der Waals surface area contributed by atoms with Crippen molar-refractivity contribution in [1.82, 2.24) is 4.57 Å². The lowest BCUT2D eigenvalue weighted by Crippen LogP contribution is -1.86. The van der Waals surface area contributed by atoms with Gasteiger partial charge in [-0.25, -0.2) is 0 Å². The zero-order valence-electron chi connectivity index (χ0n) is 5.24. The highest BCUT2D eigenvalue weighted by Gasteiger charge is 1.96. The molecule has 0 saturated carbocycles. The molecule has 0 fully saturated rings. The number of hydrogen-bond donors (Lipinski definition) is 0. The summed E-state index contributed by atoms with van der Waals surface area (Å²) in [4.78, 5) is 0. The summed E-state index contributed by atoms with van der Waals surface area (Å²) in [5.74, 6) is 0. The molecule has 0 atom stereocenters. The quantitative estimate of drug-likeness (QED) is 0.236. The Balaban J connectivity index is 2.98. The van der Waals surface area contributed by atoms with E-state index in [2.05, 4.69) is 6.72 Å². The number of nitrogens with zero attached hydrogens (tertiary/aromatic N) is 2. The van der Waals surface area contributed by atoms with Gasteiger partial charge < -0.3 is 9.77 Å². The normalized spacial score (nSPS) is 9.44. The van der Waals surface area contributed by atoms with Gasteiger partial charge in [0.2, 0.25) is 5.69 Å². The van der Waals surface area contributed by atoms with Crippen LogP contribution in [0.3, 0.4) is 0 Å². The van der Waals surface area contributed by atoms with E-state index >= 15 is 0 Å². The third kappa shape index (κ3) is 1.10. The lowest BCUT2D eigenvalue weighted by molar-refractivity contribution is -0.349. The molecule has 1 aromatic heterocycles. The molecule has 0 bridgehead atoms. The zero-order valence-corrected chi connectivity index (χ0v) is 5.24. The van der Waals surface area contributed by atoms with E-state index in [4.69, 9.17) is 0 Å². The van der Waals surface area contributed by atoms with Crippen molar-refractivity contribution in [2.75, 3.05) is 0 Å². The fourth-order valence-electron chi connectivity index (χ4n) is 0.636. The number of aryl methyl sites for hydroxylation is 1. The summed E-state index contributed by atoms with van der Waals surface area (Å²) in [7, 11) is 1.85. The molecule has 1 rings (SSSR count). The monoisotopic (exact) mass is 124 g/mol. The Morgan fingerprint density at radius 2 is 2.44 bits per heavy atom. The highest BCUT2D eigenvalue weighted by atomic mass is 16.5. The summed E-state index contributed by atoms with van der Waals surface area (Å²) in [5.41, 5.74) is 0.581. The van der Waals surface area contributed by atoms with Gasteiger partial charge in [0, 0.05) is 19.3 Å². The van der Waals surface area contributed by atoms with E-state index in [-0.39, 0.29) is 0 Å². The van der Waals surface area contributed by atoms with Crippen LogP contribution in [0, 0.1) is 5.21 Å².